The highest BCUT2D eigenvalue weighted by Crippen LogP contribution is 2.36. The van der Waals surface area contributed by atoms with Gasteiger partial charge in [0.05, 0.1) is 6.04 Å². The van der Waals surface area contributed by atoms with Crippen LogP contribution < -0.4 is 11.1 Å². The van der Waals surface area contributed by atoms with Gasteiger partial charge in [-0.15, -0.1) is 0 Å². The van der Waals surface area contributed by atoms with Crippen molar-refractivity contribution in [1.29, 1.82) is 0 Å². The average molecular weight is 533 g/mol. The Labute approximate surface area is 205 Å². The number of halogens is 6. The molecule has 2 unspecified atom stereocenters. The SMILES string of the molecule is NC(Cc1ccccc1)C(=O)NC(Cc1c(C(F)(F)F)[nH]c2ccccc12)C(=O)O.O=C(O)C(F)(F)F. The Morgan fingerprint density at radius 1 is 0.892 bits per heavy atom. The van der Waals surface area contributed by atoms with E-state index in [1.807, 2.05) is 0 Å². The molecular weight excluding hydrogens is 512 g/mol. The number of carboxylic acid groups (broad SMARTS) is 2. The minimum atomic E-state index is -5.08. The van der Waals surface area contributed by atoms with Crippen molar-refractivity contribution in [2.24, 2.45) is 5.73 Å². The molecule has 1 aromatic heterocycles. The number of hydrogen-bond donors (Lipinski definition) is 5. The van der Waals surface area contributed by atoms with Crippen LogP contribution >= 0.6 is 0 Å². The lowest BCUT2D eigenvalue weighted by Crippen LogP contribution is -2.50. The van der Waals surface area contributed by atoms with E-state index in [4.69, 9.17) is 15.6 Å². The topological polar surface area (TPSA) is 146 Å². The van der Waals surface area contributed by atoms with Crippen molar-refractivity contribution in [1.82, 2.24) is 10.3 Å². The summed E-state index contributed by atoms with van der Waals surface area (Å²) in [5.74, 6) is -4.96. The number of carbonyl (C=O) groups excluding carboxylic acids is 1. The number of alkyl halides is 6. The number of carbonyl (C=O) groups is 3. The Bertz CT molecular complexity index is 1240. The number of nitrogens with two attached hydrogens (primary N) is 1. The number of carboxylic acids is 2. The zero-order chi connectivity index (χ0) is 28.0. The van der Waals surface area contributed by atoms with Gasteiger partial charge in [0.15, 0.2) is 0 Å². The van der Waals surface area contributed by atoms with Crippen LogP contribution in [-0.2, 0) is 33.4 Å². The fourth-order valence-electron chi connectivity index (χ4n) is 3.30. The molecule has 0 radical (unpaired) electrons. The molecule has 14 heteroatoms. The van der Waals surface area contributed by atoms with E-state index in [1.54, 1.807) is 42.5 Å². The lowest BCUT2D eigenvalue weighted by atomic mass is 10.0. The number of nitrogens with one attached hydrogen (secondary N) is 2. The van der Waals surface area contributed by atoms with Gasteiger partial charge in [-0.05, 0) is 23.6 Å². The van der Waals surface area contributed by atoms with Crippen molar-refractivity contribution >= 4 is 28.7 Å². The van der Waals surface area contributed by atoms with Gasteiger partial charge >= 0.3 is 24.3 Å². The van der Waals surface area contributed by atoms with Crippen molar-refractivity contribution < 1.29 is 50.9 Å². The van der Waals surface area contributed by atoms with Crippen LogP contribution in [0.1, 0.15) is 16.8 Å². The van der Waals surface area contributed by atoms with E-state index in [9.17, 15) is 41.0 Å². The summed E-state index contributed by atoms with van der Waals surface area (Å²) in [6.45, 7) is 0. The lowest BCUT2D eigenvalue weighted by Gasteiger charge is -2.19. The predicted octanol–water partition coefficient (Wildman–Crippen LogP) is 3.50. The summed E-state index contributed by atoms with van der Waals surface area (Å²) in [5, 5.41) is 19.2. The second kappa shape index (κ2) is 11.8. The lowest BCUT2D eigenvalue weighted by molar-refractivity contribution is -0.192. The van der Waals surface area contributed by atoms with E-state index in [2.05, 4.69) is 10.3 Å². The molecule has 0 bridgehead atoms. The normalized spacial score (nSPS) is 13.3. The van der Waals surface area contributed by atoms with Crippen LogP contribution in [0.25, 0.3) is 10.9 Å². The quantitative estimate of drug-likeness (QED) is 0.294. The van der Waals surface area contributed by atoms with Crippen LogP contribution in [0.15, 0.2) is 54.6 Å². The smallest absolute Gasteiger partial charge is 0.480 e. The van der Waals surface area contributed by atoms with E-state index in [0.29, 0.717) is 0 Å². The van der Waals surface area contributed by atoms with Gasteiger partial charge < -0.3 is 26.2 Å². The third-order valence-corrected chi connectivity index (χ3v) is 5.00. The second-order valence-corrected chi connectivity index (χ2v) is 7.72. The van der Waals surface area contributed by atoms with Gasteiger partial charge in [-0.1, -0.05) is 48.5 Å². The first-order chi connectivity index (χ1) is 17.1. The number of aliphatic carboxylic acids is 2. The molecule has 0 spiro atoms. The van der Waals surface area contributed by atoms with Gasteiger partial charge in [0.25, 0.3) is 0 Å². The van der Waals surface area contributed by atoms with Crippen molar-refractivity contribution in [3.63, 3.8) is 0 Å². The van der Waals surface area contributed by atoms with E-state index < -0.39 is 54.4 Å². The zero-order valence-corrected chi connectivity index (χ0v) is 18.7. The van der Waals surface area contributed by atoms with Gasteiger partial charge in [0, 0.05) is 17.3 Å². The van der Waals surface area contributed by atoms with Crippen LogP contribution in [0.2, 0.25) is 0 Å². The standard InChI is InChI=1S/C21H20F3N3O3.C2HF3O2/c22-21(23,24)18-14(13-8-4-5-9-16(13)26-18)11-17(20(29)30)27-19(28)15(25)10-12-6-2-1-3-7-12;3-2(4,5)1(6)7/h1-9,15,17,26H,10-11,25H2,(H,27,28)(H,29,30);(H,6,7). The molecule has 6 N–H and O–H groups in total. The third-order valence-electron chi connectivity index (χ3n) is 5.00. The summed E-state index contributed by atoms with van der Waals surface area (Å²) in [4.78, 5) is 35.3. The maximum Gasteiger partial charge on any atom is 0.490 e. The molecule has 3 rings (SSSR count). The molecule has 200 valence electrons. The number of rotatable bonds is 7. The molecule has 0 aliphatic rings. The van der Waals surface area contributed by atoms with Gasteiger partial charge in [-0.25, -0.2) is 9.59 Å². The molecule has 1 heterocycles. The van der Waals surface area contributed by atoms with Crippen molar-refractivity contribution in [2.75, 3.05) is 0 Å². The predicted molar refractivity (Wildman–Crippen MR) is 118 cm³/mol. The summed E-state index contributed by atoms with van der Waals surface area (Å²) >= 11 is 0. The molecule has 3 aromatic rings. The minimum Gasteiger partial charge on any atom is -0.480 e. The van der Waals surface area contributed by atoms with Crippen molar-refractivity contribution in [2.45, 2.75) is 37.3 Å². The Morgan fingerprint density at radius 3 is 1.95 bits per heavy atom. The van der Waals surface area contributed by atoms with Gasteiger partial charge in [-0.2, -0.15) is 26.3 Å². The molecule has 1 amide bonds. The molecule has 37 heavy (non-hydrogen) atoms. The van der Waals surface area contributed by atoms with Crippen molar-refractivity contribution in [3.05, 3.63) is 71.4 Å². The molecule has 0 aliphatic carbocycles. The number of fused-ring (bicyclic) bond motifs is 1. The largest absolute Gasteiger partial charge is 0.490 e. The number of aromatic amines is 1. The van der Waals surface area contributed by atoms with Gasteiger partial charge in [0.2, 0.25) is 5.91 Å². The molecule has 2 aromatic carbocycles. The number of amides is 1. The minimum absolute atomic E-state index is 0.167. The number of para-hydroxylation sites is 1. The second-order valence-electron chi connectivity index (χ2n) is 7.72. The number of aromatic nitrogens is 1. The summed E-state index contributed by atoms with van der Waals surface area (Å²) < 4.78 is 72.2. The summed E-state index contributed by atoms with van der Waals surface area (Å²) in [6.07, 6.45) is -10.2. The zero-order valence-electron chi connectivity index (χ0n) is 18.7. The molecule has 0 saturated carbocycles. The number of hydrogen-bond acceptors (Lipinski definition) is 4. The fraction of sp³-hybridized carbons (Fsp3) is 0.261. The highest BCUT2D eigenvalue weighted by Gasteiger charge is 2.39. The molecular formula is C23H21F6N3O5. The molecule has 2 atom stereocenters. The molecule has 0 fully saturated rings. The Balaban J connectivity index is 0.000000604. The first-order valence-electron chi connectivity index (χ1n) is 10.4. The van der Waals surface area contributed by atoms with Gasteiger partial charge in [-0.3, -0.25) is 4.79 Å². The van der Waals surface area contributed by atoms with Crippen LogP contribution in [0.3, 0.4) is 0 Å². The number of H-pyrrole nitrogens is 1. The summed E-state index contributed by atoms with van der Waals surface area (Å²) in [6, 6.07) is 12.3. The highest BCUT2D eigenvalue weighted by molar-refractivity contribution is 5.89. The summed E-state index contributed by atoms with van der Waals surface area (Å²) in [7, 11) is 0. The van der Waals surface area contributed by atoms with Crippen LogP contribution in [-0.4, -0.2) is 51.3 Å². The van der Waals surface area contributed by atoms with Crippen LogP contribution in [0.5, 0.6) is 0 Å². The maximum absolute atomic E-state index is 13.5. The number of benzene rings is 2. The monoisotopic (exact) mass is 533 g/mol. The first kappa shape index (κ1) is 29.2. The van der Waals surface area contributed by atoms with Gasteiger partial charge in [0.1, 0.15) is 11.7 Å². The van der Waals surface area contributed by atoms with Crippen LogP contribution in [0.4, 0.5) is 26.3 Å². The highest BCUT2D eigenvalue weighted by atomic mass is 19.4. The van der Waals surface area contributed by atoms with Crippen LogP contribution in [0, 0.1) is 0 Å². The molecule has 8 nitrogen and oxygen atoms in total. The Hall–Kier alpha value is -4.07. The van der Waals surface area contributed by atoms with E-state index in [1.165, 1.54) is 12.1 Å². The Morgan fingerprint density at radius 2 is 1.43 bits per heavy atom. The van der Waals surface area contributed by atoms with Crippen molar-refractivity contribution in [3.8, 4) is 0 Å². The van der Waals surface area contributed by atoms with E-state index in [-0.39, 0.29) is 22.9 Å². The third kappa shape index (κ3) is 8.24. The fourth-order valence-corrected chi connectivity index (χ4v) is 3.30. The van der Waals surface area contributed by atoms with E-state index >= 15 is 0 Å². The maximum atomic E-state index is 13.5. The van der Waals surface area contributed by atoms with E-state index in [0.717, 1.165) is 5.56 Å². The Kier molecular flexibility index (Phi) is 9.28. The first-order valence-corrected chi connectivity index (χ1v) is 10.4. The molecule has 0 saturated heterocycles. The molecule has 0 aliphatic heterocycles. The average Bonchev–Trinajstić information content (AvgIpc) is 3.18. The summed E-state index contributed by atoms with van der Waals surface area (Å²) in [5.41, 5.74) is 5.63.